The molecule has 144 valence electrons. The maximum absolute atomic E-state index is 7.14. The maximum Gasteiger partial charge on any atom is 0.335 e. The quantitative estimate of drug-likeness (QED) is 0.670. The van der Waals surface area contributed by atoms with Gasteiger partial charge >= 0.3 is 17.1 Å². The molecule has 2 fully saturated rings. The Morgan fingerprint density at radius 2 is 1.32 bits per heavy atom. The highest BCUT2D eigenvalue weighted by molar-refractivity contribution is 6.83. The van der Waals surface area contributed by atoms with E-state index >= 15 is 0 Å². The van der Waals surface area contributed by atoms with E-state index in [1.807, 2.05) is 0 Å². The van der Waals surface area contributed by atoms with Crippen molar-refractivity contribution in [1.82, 2.24) is 0 Å². The topological polar surface area (TPSA) is 36.9 Å². The second kappa shape index (κ2) is 7.76. The van der Waals surface area contributed by atoms with Crippen LogP contribution in [-0.4, -0.2) is 49.8 Å². The van der Waals surface area contributed by atoms with Gasteiger partial charge in [0.1, 0.15) is 14.0 Å². The Labute approximate surface area is 158 Å². The number of rotatable bonds is 4. The highest BCUT2D eigenvalue weighted by atomic mass is 28.5. The molecule has 2 aliphatic rings. The lowest BCUT2D eigenvalue weighted by Crippen LogP contribution is -2.65. The monoisotopic (exact) mass is 384 g/mol. The molecule has 0 amide bonds. The number of fused-ring (bicyclic) bond motifs is 1. The molecule has 1 unspecified atom stereocenters. The first-order chi connectivity index (χ1) is 11.5. The third-order valence-electron chi connectivity index (χ3n) is 6.07. The van der Waals surface area contributed by atoms with Crippen LogP contribution in [0.1, 0.15) is 62.3 Å². The van der Waals surface area contributed by atoms with Crippen molar-refractivity contribution in [3.05, 3.63) is 0 Å². The van der Waals surface area contributed by atoms with Gasteiger partial charge in [-0.15, -0.1) is 0 Å². The van der Waals surface area contributed by atoms with Crippen LogP contribution in [0.3, 0.4) is 0 Å². The van der Waals surface area contributed by atoms with Gasteiger partial charge in [0.15, 0.2) is 0 Å². The van der Waals surface area contributed by atoms with Gasteiger partial charge in [0.25, 0.3) is 0 Å². The van der Waals surface area contributed by atoms with E-state index < -0.39 is 17.1 Å². The molecular weight excluding hydrogens is 347 g/mol. The van der Waals surface area contributed by atoms with Gasteiger partial charge in [0.05, 0.1) is 12.7 Å². The summed E-state index contributed by atoms with van der Waals surface area (Å²) in [5.41, 5.74) is 1.38. The molecule has 0 aromatic heterocycles. The van der Waals surface area contributed by atoms with Gasteiger partial charge in [-0.2, -0.15) is 0 Å². The highest BCUT2D eigenvalue weighted by Gasteiger charge is 2.60. The summed E-state index contributed by atoms with van der Waals surface area (Å²) in [6, 6.07) is -0.295. The summed E-state index contributed by atoms with van der Waals surface area (Å²) < 4.78 is 26.8. The SMILES string of the molecule is [B][C@@H]1O[C@@H]2CO[Si](C(C)C)(C(C)C)O[Si](C(C)C)(C(C)C)O[C@@H]2C1C. The summed E-state index contributed by atoms with van der Waals surface area (Å²) >= 11 is 0. The first-order valence-corrected chi connectivity index (χ1v) is 13.8. The molecule has 2 aliphatic heterocycles. The predicted octanol–water partition coefficient (Wildman–Crippen LogP) is 4.47. The first-order valence-electron chi connectivity index (χ1n) is 9.90. The molecule has 25 heavy (non-hydrogen) atoms. The fraction of sp³-hybridized carbons (Fsp3) is 1.00. The van der Waals surface area contributed by atoms with Crippen molar-refractivity contribution >= 4 is 25.0 Å². The fourth-order valence-corrected chi connectivity index (χ4v) is 15.7. The Morgan fingerprint density at radius 3 is 1.76 bits per heavy atom. The average Bonchev–Trinajstić information content (AvgIpc) is 2.73. The van der Waals surface area contributed by atoms with E-state index in [0.717, 1.165) is 0 Å². The van der Waals surface area contributed by atoms with Gasteiger partial charge in [-0.05, 0) is 22.2 Å². The molecular formula is C18H37BO4Si2. The molecule has 2 rings (SSSR count). The first kappa shape index (κ1) is 21.6. The highest BCUT2D eigenvalue weighted by Crippen LogP contribution is 2.47. The second-order valence-corrected chi connectivity index (χ2v) is 17.9. The van der Waals surface area contributed by atoms with Crippen LogP contribution < -0.4 is 0 Å². The molecule has 0 saturated carbocycles. The van der Waals surface area contributed by atoms with Crippen LogP contribution >= 0.6 is 0 Å². The Balaban J connectivity index is 2.53. The standard InChI is InChI=1S/C18H37BO4Si2/c1-11(2)24(12(3)4)20-10-16-17(15(9)18(19)21-16)22-25(23-24,13(5)6)14(7)8/h11-18H,10H2,1-9H3/t15?,16-,17-,18-/m1/s1. The van der Waals surface area contributed by atoms with Crippen molar-refractivity contribution in [3.63, 3.8) is 0 Å². The lowest BCUT2D eigenvalue weighted by Gasteiger charge is -2.51. The maximum atomic E-state index is 7.14. The molecule has 0 bridgehead atoms. The molecule has 4 atom stereocenters. The van der Waals surface area contributed by atoms with Crippen molar-refractivity contribution in [2.75, 3.05) is 6.61 Å². The lowest BCUT2D eigenvalue weighted by atomic mass is 9.86. The van der Waals surface area contributed by atoms with Crippen LogP contribution in [0.5, 0.6) is 0 Å². The number of hydrogen-bond acceptors (Lipinski definition) is 4. The van der Waals surface area contributed by atoms with Crippen molar-refractivity contribution < 1.29 is 17.7 Å². The summed E-state index contributed by atoms with van der Waals surface area (Å²) in [5.74, 6) is 0.147. The zero-order chi connectivity index (χ0) is 19.2. The van der Waals surface area contributed by atoms with Crippen molar-refractivity contribution in [2.45, 2.75) is 103 Å². The van der Waals surface area contributed by atoms with Crippen LogP contribution in [0, 0.1) is 5.92 Å². The lowest BCUT2D eigenvalue weighted by molar-refractivity contribution is -0.0267. The van der Waals surface area contributed by atoms with E-state index in [9.17, 15) is 0 Å². The number of hydrogen-bond donors (Lipinski definition) is 0. The fourth-order valence-electron chi connectivity index (χ4n) is 4.38. The summed E-state index contributed by atoms with van der Waals surface area (Å²) in [6.45, 7) is 20.5. The zero-order valence-electron chi connectivity index (χ0n) is 17.5. The smallest absolute Gasteiger partial charge is 0.335 e. The minimum absolute atomic E-state index is 0.0437. The summed E-state index contributed by atoms with van der Waals surface area (Å²) in [6.07, 6.45) is -0.138. The van der Waals surface area contributed by atoms with Gasteiger partial charge in [0, 0.05) is 11.9 Å². The molecule has 0 N–H and O–H groups in total. The third kappa shape index (κ3) is 3.69. The van der Waals surface area contributed by atoms with E-state index in [2.05, 4.69) is 62.3 Å². The Morgan fingerprint density at radius 1 is 0.840 bits per heavy atom. The Kier molecular flexibility index (Phi) is 6.71. The molecule has 2 saturated heterocycles. The van der Waals surface area contributed by atoms with Crippen molar-refractivity contribution in [2.24, 2.45) is 5.92 Å². The van der Waals surface area contributed by atoms with Gasteiger partial charge in [-0.25, -0.2) is 0 Å². The molecule has 0 spiro atoms. The van der Waals surface area contributed by atoms with E-state index in [0.29, 0.717) is 28.8 Å². The molecule has 4 nitrogen and oxygen atoms in total. The minimum Gasteiger partial charge on any atom is -0.414 e. The van der Waals surface area contributed by atoms with Gasteiger partial charge in [-0.3, -0.25) is 0 Å². The van der Waals surface area contributed by atoms with E-state index in [-0.39, 0.29) is 24.1 Å². The minimum atomic E-state index is -2.54. The zero-order valence-corrected chi connectivity index (χ0v) is 19.5. The number of ether oxygens (including phenoxy) is 1. The van der Waals surface area contributed by atoms with E-state index in [1.165, 1.54) is 0 Å². The van der Waals surface area contributed by atoms with Gasteiger partial charge < -0.3 is 17.7 Å². The van der Waals surface area contributed by atoms with E-state index in [1.54, 1.807) is 0 Å². The molecule has 7 heteroatoms. The van der Waals surface area contributed by atoms with Crippen molar-refractivity contribution in [3.8, 4) is 0 Å². The largest absolute Gasteiger partial charge is 0.414 e. The van der Waals surface area contributed by atoms with Gasteiger partial charge in [-0.1, -0.05) is 62.3 Å². The van der Waals surface area contributed by atoms with Crippen LogP contribution in [0.25, 0.3) is 0 Å². The van der Waals surface area contributed by atoms with Crippen LogP contribution in [0.4, 0.5) is 0 Å². The summed E-state index contributed by atoms with van der Waals surface area (Å²) in [7, 11) is 1.19. The average molecular weight is 384 g/mol. The molecule has 2 radical (unpaired) electrons. The molecule has 0 aromatic carbocycles. The van der Waals surface area contributed by atoms with Crippen molar-refractivity contribution in [1.29, 1.82) is 0 Å². The normalized spacial score (nSPS) is 35.2. The summed E-state index contributed by atoms with van der Waals surface area (Å²) in [5, 5.41) is 0. The van der Waals surface area contributed by atoms with Gasteiger partial charge in [0.2, 0.25) is 0 Å². The molecule has 0 aromatic rings. The second-order valence-electron chi connectivity index (χ2n) is 9.06. The summed E-state index contributed by atoms with van der Waals surface area (Å²) in [4.78, 5) is 0. The molecule has 0 aliphatic carbocycles. The van der Waals surface area contributed by atoms with Crippen LogP contribution in [0.15, 0.2) is 0 Å². The van der Waals surface area contributed by atoms with E-state index in [4.69, 9.17) is 25.6 Å². The Bertz CT molecular complexity index is 442. The van der Waals surface area contributed by atoms with Crippen LogP contribution in [0.2, 0.25) is 22.2 Å². The van der Waals surface area contributed by atoms with Crippen LogP contribution in [-0.2, 0) is 17.7 Å². The predicted molar refractivity (Wildman–Crippen MR) is 107 cm³/mol. The molecule has 2 heterocycles. The Hall–Kier alpha value is 0.339. The third-order valence-corrected chi connectivity index (χ3v) is 16.3.